The topological polar surface area (TPSA) is 91.8 Å². The summed E-state index contributed by atoms with van der Waals surface area (Å²) in [5.74, 6) is -0.790. The largest absolute Gasteiger partial charge is 0.273 e. The molecule has 0 aliphatic carbocycles. The molecule has 1 saturated heterocycles. The average Bonchev–Trinajstić information content (AvgIpc) is 2.83. The van der Waals surface area contributed by atoms with Gasteiger partial charge in [0.05, 0.1) is 27.4 Å². The maximum absolute atomic E-state index is 13.2. The second kappa shape index (κ2) is 6.56. The third-order valence-electron chi connectivity index (χ3n) is 5.31. The summed E-state index contributed by atoms with van der Waals surface area (Å²) in [5.41, 5.74) is 0.788. The molecule has 0 atom stereocenters. The Bertz CT molecular complexity index is 1190. The fourth-order valence-electron chi connectivity index (χ4n) is 3.89. The van der Waals surface area contributed by atoms with Gasteiger partial charge in [0.1, 0.15) is 0 Å². The molecule has 0 radical (unpaired) electrons. The Morgan fingerprint density at radius 1 is 1.00 bits per heavy atom. The van der Waals surface area contributed by atoms with Gasteiger partial charge < -0.3 is 0 Å². The van der Waals surface area contributed by atoms with Crippen LogP contribution < -0.4 is 8.61 Å². The van der Waals surface area contributed by atoms with Crippen LogP contribution in [0.4, 0.5) is 11.4 Å². The van der Waals surface area contributed by atoms with Gasteiger partial charge >= 0.3 is 0 Å². The van der Waals surface area contributed by atoms with E-state index in [1.54, 1.807) is 26.0 Å². The lowest BCUT2D eigenvalue weighted by Crippen LogP contribution is -2.35. The number of nitrogens with zero attached hydrogens (tertiary/aromatic N) is 2. The molecule has 0 bridgehead atoms. The number of amides is 1. The molecular weight excluding hydrogens is 412 g/mol. The van der Waals surface area contributed by atoms with E-state index in [9.17, 15) is 21.6 Å². The van der Waals surface area contributed by atoms with Gasteiger partial charge in [-0.25, -0.2) is 21.1 Å². The highest BCUT2D eigenvalue weighted by molar-refractivity contribution is 7.94. The van der Waals surface area contributed by atoms with Crippen molar-refractivity contribution in [2.75, 3.05) is 20.9 Å². The normalized spacial score (nSPS) is 20.6. The van der Waals surface area contributed by atoms with E-state index in [0.29, 0.717) is 12.2 Å². The minimum atomic E-state index is -3.80. The molecule has 0 unspecified atom stereocenters. The van der Waals surface area contributed by atoms with Crippen molar-refractivity contribution < 1.29 is 21.6 Å². The lowest BCUT2D eigenvalue weighted by atomic mass is 9.95. The monoisotopic (exact) mass is 434 g/mol. The lowest BCUT2D eigenvalue weighted by Gasteiger charge is -2.30. The van der Waals surface area contributed by atoms with E-state index >= 15 is 0 Å². The minimum Gasteiger partial charge on any atom is -0.273 e. The predicted octanol–water partition coefficient (Wildman–Crippen LogP) is 2.53. The van der Waals surface area contributed by atoms with E-state index in [0.717, 1.165) is 22.7 Å². The highest BCUT2D eigenvalue weighted by atomic mass is 32.2. The molecule has 0 N–H and O–H groups in total. The first-order valence-electron chi connectivity index (χ1n) is 9.32. The summed E-state index contributed by atoms with van der Waals surface area (Å²) in [5, 5.41) is 0. The van der Waals surface area contributed by atoms with E-state index in [1.807, 2.05) is 12.1 Å². The van der Waals surface area contributed by atoms with Gasteiger partial charge in [0.25, 0.3) is 10.0 Å². The first kappa shape index (κ1) is 19.9. The van der Waals surface area contributed by atoms with Gasteiger partial charge in [-0.2, -0.15) is 0 Å². The number of hydrogen-bond donors (Lipinski definition) is 0. The summed E-state index contributed by atoms with van der Waals surface area (Å²) >= 11 is 0. The van der Waals surface area contributed by atoms with Crippen LogP contribution in [0.1, 0.15) is 25.8 Å². The first-order valence-corrected chi connectivity index (χ1v) is 12.4. The van der Waals surface area contributed by atoms with E-state index < -0.39 is 31.4 Å². The van der Waals surface area contributed by atoms with E-state index in [4.69, 9.17) is 0 Å². The van der Waals surface area contributed by atoms with Crippen molar-refractivity contribution >= 4 is 37.3 Å². The molecule has 2 heterocycles. The quantitative estimate of drug-likeness (QED) is 0.740. The zero-order chi connectivity index (χ0) is 21.0. The highest BCUT2D eigenvalue weighted by Crippen LogP contribution is 2.37. The third-order valence-corrected chi connectivity index (χ3v) is 9.16. The van der Waals surface area contributed by atoms with Crippen LogP contribution in [0.5, 0.6) is 0 Å². The zero-order valence-corrected chi connectivity index (χ0v) is 17.8. The van der Waals surface area contributed by atoms with Crippen molar-refractivity contribution in [2.45, 2.75) is 31.6 Å². The fourth-order valence-corrected chi connectivity index (χ4v) is 7.54. The fraction of sp³-hybridized carbons (Fsp3) is 0.350. The summed E-state index contributed by atoms with van der Waals surface area (Å²) in [6.45, 7) is 3.55. The number of hydrogen-bond acceptors (Lipinski definition) is 5. The summed E-state index contributed by atoms with van der Waals surface area (Å²) in [6.07, 6.45) is 1.55. The van der Waals surface area contributed by atoms with Crippen LogP contribution in [0.2, 0.25) is 0 Å². The van der Waals surface area contributed by atoms with Crippen LogP contribution >= 0.6 is 0 Å². The Balaban J connectivity index is 1.70. The van der Waals surface area contributed by atoms with Gasteiger partial charge in [-0.1, -0.05) is 18.2 Å². The molecule has 9 heteroatoms. The summed E-state index contributed by atoms with van der Waals surface area (Å²) in [4.78, 5) is 12.6. The number of benzene rings is 2. The van der Waals surface area contributed by atoms with Crippen LogP contribution in [0, 0.1) is 5.41 Å². The van der Waals surface area contributed by atoms with Crippen molar-refractivity contribution in [1.29, 1.82) is 0 Å². The zero-order valence-electron chi connectivity index (χ0n) is 16.2. The van der Waals surface area contributed by atoms with Crippen molar-refractivity contribution in [3.63, 3.8) is 0 Å². The van der Waals surface area contributed by atoms with Gasteiger partial charge in [-0.3, -0.25) is 9.10 Å². The van der Waals surface area contributed by atoms with Crippen LogP contribution in [0.3, 0.4) is 0 Å². The Morgan fingerprint density at radius 3 is 2.28 bits per heavy atom. The number of carbonyl (C=O) groups excluding carboxylic acids is 1. The molecular formula is C20H22N2O5S2. The molecule has 0 spiro atoms. The number of aryl methyl sites for hydroxylation is 1. The molecule has 154 valence electrons. The van der Waals surface area contributed by atoms with Gasteiger partial charge in [0, 0.05) is 6.54 Å². The van der Waals surface area contributed by atoms with Gasteiger partial charge in [-0.15, -0.1) is 0 Å². The third kappa shape index (κ3) is 3.22. The molecule has 1 fully saturated rings. The highest BCUT2D eigenvalue weighted by Gasteiger charge is 2.49. The van der Waals surface area contributed by atoms with E-state index in [1.165, 1.54) is 28.6 Å². The molecule has 2 aliphatic rings. The van der Waals surface area contributed by atoms with Crippen LogP contribution in [0.25, 0.3) is 0 Å². The number of fused-ring (bicyclic) bond motifs is 1. The van der Waals surface area contributed by atoms with Crippen LogP contribution in [0.15, 0.2) is 53.4 Å². The molecule has 7 nitrogen and oxygen atoms in total. The van der Waals surface area contributed by atoms with Crippen LogP contribution in [-0.4, -0.2) is 35.0 Å². The Morgan fingerprint density at radius 2 is 1.66 bits per heavy atom. The van der Waals surface area contributed by atoms with E-state index in [-0.39, 0.29) is 16.3 Å². The molecule has 2 aromatic rings. The molecule has 1 amide bonds. The Hall–Kier alpha value is -2.39. The predicted molar refractivity (Wildman–Crippen MR) is 111 cm³/mol. The number of sulfonamides is 2. The van der Waals surface area contributed by atoms with Crippen LogP contribution in [-0.2, 0) is 31.3 Å². The van der Waals surface area contributed by atoms with Crippen molar-refractivity contribution in [3.8, 4) is 0 Å². The standard InChI is InChI=1S/C20H22N2O5S2/c1-20(2)14-28(24,25)22(19(20)23)16-9-11-17(12-10-16)29(26,27)21-13-5-7-15-6-3-4-8-18(15)21/h3-4,6,8-12H,5,7,13-14H2,1-2H3. The Kier molecular flexibility index (Phi) is 4.51. The molecule has 0 saturated carbocycles. The summed E-state index contributed by atoms with van der Waals surface area (Å²) in [6, 6.07) is 12.9. The Labute approximate surface area is 171 Å². The number of carbonyl (C=O) groups is 1. The van der Waals surface area contributed by atoms with Gasteiger partial charge in [0.15, 0.2) is 0 Å². The van der Waals surface area contributed by atoms with Crippen molar-refractivity contribution in [1.82, 2.24) is 0 Å². The maximum atomic E-state index is 13.2. The van der Waals surface area contributed by atoms with Gasteiger partial charge in [0.2, 0.25) is 15.9 Å². The molecule has 0 aromatic heterocycles. The number of para-hydroxylation sites is 1. The smallest absolute Gasteiger partial charge is 0.264 e. The molecule has 29 heavy (non-hydrogen) atoms. The van der Waals surface area contributed by atoms with Crippen molar-refractivity contribution in [2.24, 2.45) is 5.41 Å². The lowest BCUT2D eigenvalue weighted by molar-refractivity contribution is -0.123. The summed E-state index contributed by atoms with van der Waals surface area (Å²) < 4.78 is 53.4. The maximum Gasteiger partial charge on any atom is 0.264 e. The molecule has 2 aliphatic heterocycles. The van der Waals surface area contributed by atoms with Gasteiger partial charge in [-0.05, 0) is 62.6 Å². The summed E-state index contributed by atoms with van der Waals surface area (Å²) in [7, 11) is -7.58. The first-order chi connectivity index (χ1) is 13.5. The second-order valence-electron chi connectivity index (χ2n) is 8.01. The SMILES string of the molecule is CC1(C)CS(=O)(=O)N(c2ccc(S(=O)(=O)N3CCCc4ccccc43)cc2)C1=O. The molecule has 4 rings (SSSR count). The number of anilines is 2. The van der Waals surface area contributed by atoms with E-state index in [2.05, 4.69) is 0 Å². The molecule has 2 aromatic carbocycles. The second-order valence-corrected chi connectivity index (χ2v) is 11.7. The average molecular weight is 435 g/mol. The van der Waals surface area contributed by atoms with Crippen molar-refractivity contribution in [3.05, 3.63) is 54.1 Å². The number of rotatable bonds is 3. The minimum absolute atomic E-state index is 0.0567.